The van der Waals surface area contributed by atoms with E-state index >= 15 is 0 Å². The Labute approximate surface area is 110 Å². The lowest BCUT2D eigenvalue weighted by Gasteiger charge is -2.26. The highest BCUT2D eigenvalue weighted by Gasteiger charge is 2.34. The van der Waals surface area contributed by atoms with Gasteiger partial charge in [0.25, 0.3) is 0 Å². The Hall–Kier alpha value is -0.860. The molecule has 2 unspecified atom stereocenters. The van der Waals surface area contributed by atoms with Crippen molar-refractivity contribution in [3.05, 3.63) is 35.4 Å². The van der Waals surface area contributed by atoms with Gasteiger partial charge in [-0.3, -0.25) is 0 Å². The van der Waals surface area contributed by atoms with Gasteiger partial charge in [-0.1, -0.05) is 24.3 Å². The third-order valence-corrected chi connectivity index (χ3v) is 4.57. The van der Waals surface area contributed by atoms with Gasteiger partial charge < -0.3 is 10.5 Å². The normalized spacial score (nSPS) is 30.6. The van der Waals surface area contributed by atoms with Crippen LogP contribution in [0, 0.1) is 0 Å². The molecule has 0 saturated carbocycles. The Morgan fingerprint density at radius 2 is 2.22 bits per heavy atom. The summed E-state index contributed by atoms with van der Waals surface area (Å²) in [6.45, 7) is 0.960. The van der Waals surface area contributed by atoms with Crippen LogP contribution in [0.15, 0.2) is 24.3 Å². The molecule has 1 fully saturated rings. The number of aryl methyl sites for hydroxylation is 1. The molecular weight excluding hydrogens is 222 g/mol. The number of benzene rings is 1. The SMILES string of the molecule is NC1(CCCC2CCCO2)CCc2ccccc21. The summed E-state index contributed by atoms with van der Waals surface area (Å²) in [6.07, 6.45) is 8.71. The molecule has 1 aliphatic heterocycles. The van der Waals surface area contributed by atoms with Gasteiger partial charge in [0.15, 0.2) is 0 Å². The molecule has 1 aliphatic carbocycles. The van der Waals surface area contributed by atoms with E-state index in [2.05, 4.69) is 24.3 Å². The summed E-state index contributed by atoms with van der Waals surface area (Å²) < 4.78 is 5.68. The fraction of sp³-hybridized carbons (Fsp3) is 0.625. The molecule has 0 bridgehead atoms. The standard InChI is InChI=1S/C16H23NO/c17-16(10-3-6-14-7-4-12-18-14)11-9-13-5-1-2-8-15(13)16/h1-2,5,8,14H,3-4,6-7,9-12,17H2. The van der Waals surface area contributed by atoms with E-state index in [0.29, 0.717) is 6.10 Å². The smallest absolute Gasteiger partial charge is 0.0576 e. The number of hydrogen-bond acceptors (Lipinski definition) is 2. The summed E-state index contributed by atoms with van der Waals surface area (Å²) in [6, 6.07) is 8.68. The minimum absolute atomic E-state index is 0.0742. The largest absolute Gasteiger partial charge is 0.378 e. The maximum Gasteiger partial charge on any atom is 0.0576 e. The van der Waals surface area contributed by atoms with Crippen LogP contribution in [0.25, 0.3) is 0 Å². The first-order valence-corrected chi connectivity index (χ1v) is 7.27. The fourth-order valence-corrected chi connectivity index (χ4v) is 3.49. The molecule has 1 saturated heterocycles. The summed E-state index contributed by atoms with van der Waals surface area (Å²) in [5.74, 6) is 0. The van der Waals surface area contributed by atoms with Crippen LogP contribution < -0.4 is 5.73 Å². The van der Waals surface area contributed by atoms with Crippen molar-refractivity contribution in [3.63, 3.8) is 0 Å². The number of hydrogen-bond donors (Lipinski definition) is 1. The van der Waals surface area contributed by atoms with Crippen molar-refractivity contribution in [2.75, 3.05) is 6.61 Å². The molecule has 0 spiro atoms. The van der Waals surface area contributed by atoms with Gasteiger partial charge in [-0.15, -0.1) is 0 Å². The first-order valence-electron chi connectivity index (χ1n) is 7.27. The zero-order chi connectivity index (χ0) is 12.4. The molecule has 0 aromatic heterocycles. The van der Waals surface area contributed by atoms with Crippen molar-refractivity contribution in [2.24, 2.45) is 5.73 Å². The van der Waals surface area contributed by atoms with Crippen LogP contribution in [0.2, 0.25) is 0 Å². The maximum atomic E-state index is 6.61. The molecule has 2 atom stereocenters. The van der Waals surface area contributed by atoms with E-state index in [1.165, 1.54) is 36.8 Å². The predicted molar refractivity (Wildman–Crippen MR) is 73.5 cm³/mol. The quantitative estimate of drug-likeness (QED) is 0.884. The molecule has 1 aromatic carbocycles. The average molecular weight is 245 g/mol. The van der Waals surface area contributed by atoms with Gasteiger partial charge in [0.05, 0.1) is 6.10 Å². The number of fused-ring (bicyclic) bond motifs is 1. The van der Waals surface area contributed by atoms with Crippen LogP contribution in [-0.2, 0) is 16.7 Å². The average Bonchev–Trinajstić information content (AvgIpc) is 3.00. The summed E-state index contributed by atoms with van der Waals surface area (Å²) in [4.78, 5) is 0. The van der Waals surface area contributed by atoms with Crippen LogP contribution in [-0.4, -0.2) is 12.7 Å². The molecule has 2 N–H and O–H groups in total. The van der Waals surface area contributed by atoms with Gasteiger partial charge in [0.2, 0.25) is 0 Å². The van der Waals surface area contributed by atoms with Crippen LogP contribution in [0.3, 0.4) is 0 Å². The van der Waals surface area contributed by atoms with Gasteiger partial charge in [-0.05, 0) is 56.1 Å². The molecule has 98 valence electrons. The molecular formula is C16H23NO. The van der Waals surface area contributed by atoms with E-state index in [1.807, 2.05) is 0 Å². The van der Waals surface area contributed by atoms with Crippen molar-refractivity contribution in [1.82, 2.24) is 0 Å². The van der Waals surface area contributed by atoms with E-state index in [9.17, 15) is 0 Å². The Kier molecular flexibility index (Phi) is 3.40. The van der Waals surface area contributed by atoms with E-state index < -0.39 is 0 Å². The molecule has 3 rings (SSSR count). The monoisotopic (exact) mass is 245 g/mol. The van der Waals surface area contributed by atoms with Crippen molar-refractivity contribution >= 4 is 0 Å². The van der Waals surface area contributed by atoms with Crippen molar-refractivity contribution < 1.29 is 4.74 Å². The minimum atomic E-state index is -0.0742. The van der Waals surface area contributed by atoms with Gasteiger partial charge in [0, 0.05) is 12.1 Å². The van der Waals surface area contributed by atoms with E-state index in [1.54, 1.807) is 0 Å². The van der Waals surface area contributed by atoms with E-state index in [0.717, 1.165) is 25.9 Å². The molecule has 2 aliphatic rings. The van der Waals surface area contributed by atoms with E-state index in [4.69, 9.17) is 10.5 Å². The molecule has 2 heteroatoms. The highest BCUT2D eigenvalue weighted by molar-refractivity contribution is 5.38. The van der Waals surface area contributed by atoms with Gasteiger partial charge >= 0.3 is 0 Å². The number of nitrogens with two attached hydrogens (primary N) is 1. The van der Waals surface area contributed by atoms with Crippen LogP contribution >= 0.6 is 0 Å². The Morgan fingerprint density at radius 3 is 3.06 bits per heavy atom. The lowest BCUT2D eigenvalue weighted by molar-refractivity contribution is 0.1000. The zero-order valence-electron chi connectivity index (χ0n) is 11.0. The number of ether oxygens (including phenoxy) is 1. The highest BCUT2D eigenvalue weighted by atomic mass is 16.5. The minimum Gasteiger partial charge on any atom is -0.378 e. The summed E-state index contributed by atoms with van der Waals surface area (Å²) in [5.41, 5.74) is 9.38. The highest BCUT2D eigenvalue weighted by Crippen LogP contribution is 2.38. The molecule has 18 heavy (non-hydrogen) atoms. The summed E-state index contributed by atoms with van der Waals surface area (Å²) >= 11 is 0. The Bertz CT molecular complexity index is 411. The molecule has 0 radical (unpaired) electrons. The van der Waals surface area contributed by atoms with Crippen molar-refractivity contribution in [2.45, 2.75) is 56.6 Å². The second-order valence-corrected chi connectivity index (χ2v) is 5.84. The summed E-state index contributed by atoms with van der Waals surface area (Å²) in [7, 11) is 0. The molecule has 0 amide bonds. The Balaban J connectivity index is 1.59. The van der Waals surface area contributed by atoms with Crippen molar-refractivity contribution in [1.29, 1.82) is 0 Å². The first-order chi connectivity index (χ1) is 8.78. The molecule has 1 heterocycles. The van der Waals surface area contributed by atoms with Crippen LogP contribution in [0.5, 0.6) is 0 Å². The third-order valence-electron chi connectivity index (χ3n) is 4.57. The number of rotatable bonds is 4. The predicted octanol–water partition coefficient (Wildman–Crippen LogP) is 3.14. The lowest BCUT2D eigenvalue weighted by Crippen LogP contribution is -2.34. The Morgan fingerprint density at radius 1 is 1.33 bits per heavy atom. The van der Waals surface area contributed by atoms with Crippen molar-refractivity contribution in [3.8, 4) is 0 Å². The van der Waals surface area contributed by atoms with Crippen LogP contribution in [0.1, 0.15) is 49.7 Å². The summed E-state index contributed by atoms with van der Waals surface area (Å²) in [5, 5.41) is 0. The maximum absolute atomic E-state index is 6.61. The van der Waals surface area contributed by atoms with Gasteiger partial charge in [-0.25, -0.2) is 0 Å². The molecule has 1 aromatic rings. The zero-order valence-corrected chi connectivity index (χ0v) is 11.0. The molecule has 2 nitrogen and oxygen atoms in total. The fourth-order valence-electron chi connectivity index (χ4n) is 3.49. The van der Waals surface area contributed by atoms with Crippen LogP contribution in [0.4, 0.5) is 0 Å². The van der Waals surface area contributed by atoms with E-state index in [-0.39, 0.29) is 5.54 Å². The lowest BCUT2D eigenvalue weighted by atomic mass is 9.87. The van der Waals surface area contributed by atoms with Gasteiger partial charge in [-0.2, -0.15) is 0 Å². The second kappa shape index (κ2) is 5.02. The second-order valence-electron chi connectivity index (χ2n) is 5.84. The van der Waals surface area contributed by atoms with Gasteiger partial charge in [0.1, 0.15) is 0 Å². The third kappa shape index (κ3) is 2.32. The topological polar surface area (TPSA) is 35.2 Å². The first kappa shape index (κ1) is 12.2.